The third-order valence-electron chi connectivity index (χ3n) is 4.17. The van der Waals surface area contributed by atoms with Crippen molar-refractivity contribution in [3.8, 4) is 28.7 Å². The first kappa shape index (κ1) is 20.2. The second-order valence-electron chi connectivity index (χ2n) is 6.20. The van der Waals surface area contributed by atoms with Crippen LogP contribution >= 0.6 is 0 Å². The summed E-state index contributed by atoms with van der Waals surface area (Å²) in [7, 11) is 4.53. The molecule has 0 saturated heterocycles. The molecule has 9 nitrogen and oxygen atoms in total. The largest absolute Gasteiger partial charge is 0.493 e. The van der Waals surface area contributed by atoms with E-state index in [1.54, 1.807) is 12.1 Å². The van der Waals surface area contributed by atoms with Gasteiger partial charge in [0.1, 0.15) is 11.5 Å². The number of furan rings is 1. The standard InChI is InChI=1S/C20H22N2O7/c1-11-6-14(12(2)28-11)20-22-21-17(29-20)10-27-18(23)9-13-7-15(24-3)19(26-5)16(8-13)25-4/h6-8H,9-10H2,1-5H3. The monoisotopic (exact) mass is 402 g/mol. The van der Waals surface area contributed by atoms with Crippen LogP contribution in [0.4, 0.5) is 0 Å². The van der Waals surface area contributed by atoms with Gasteiger partial charge >= 0.3 is 5.97 Å². The van der Waals surface area contributed by atoms with Gasteiger partial charge in [-0.25, -0.2) is 0 Å². The van der Waals surface area contributed by atoms with Crippen molar-refractivity contribution in [1.29, 1.82) is 0 Å². The average molecular weight is 402 g/mol. The number of methoxy groups -OCH3 is 3. The van der Waals surface area contributed by atoms with Gasteiger partial charge in [-0.05, 0) is 37.6 Å². The minimum absolute atomic E-state index is 0.0116. The van der Waals surface area contributed by atoms with Crippen molar-refractivity contribution in [3.05, 3.63) is 41.2 Å². The Morgan fingerprint density at radius 2 is 1.66 bits per heavy atom. The zero-order valence-electron chi connectivity index (χ0n) is 16.9. The molecule has 2 heterocycles. The summed E-state index contributed by atoms with van der Waals surface area (Å²) in [4.78, 5) is 12.2. The number of aryl methyl sites for hydroxylation is 2. The second kappa shape index (κ2) is 8.68. The molecule has 1 aromatic carbocycles. The molecule has 0 amide bonds. The van der Waals surface area contributed by atoms with Crippen molar-refractivity contribution in [2.75, 3.05) is 21.3 Å². The maximum atomic E-state index is 12.2. The van der Waals surface area contributed by atoms with Gasteiger partial charge in [-0.2, -0.15) is 0 Å². The molecule has 0 atom stereocenters. The highest BCUT2D eigenvalue weighted by Gasteiger charge is 2.18. The van der Waals surface area contributed by atoms with Gasteiger partial charge in [0.05, 0.1) is 33.3 Å². The highest BCUT2D eigenvalue weighted by atomic mass is 16.5. The SMILES string of the molecule is COc1cc(CC(=O)OCc2nnc(-c3cc(C)oc3C)o2)cc(OC)c1OC. The summed E-state index contributed by atoms with van der Waals surface area (Å²) in [6, 6.07) is 5.19. The molecule has 2 aromatic heterocycles. The number of esters is 1. The van der Waals surface area contributed by atoms with Gasteiger partial charge in [0.15, 0.2) is 18.1 Å². The molecule has 9 heteroatoms. The topological polar surface area (TPSA) is 106 Å². The number of carbonyl (C=O) groups is 1. The van der Waals surface area contributed by atoms with Gasteiger partial charge in [0, 0.05) is 0 Å². The minimum atomic E-state index is -0.464. The lowest BCUT2D eigenvalue weighted by Gasteiger charge is -2.13. The van der Waals surface area contributed by atoms with Crippen molar-refractivity contribution in [2.45, 2.75) is 26.9 Å². The predicted molar refractivity (Wildman–Crippen MR) is 101 cm³/mol. The number of hydrogen-bond donors (Lipinski definition) is 0. The Bertz CT molecular complexity index is 981. The number of aromatic nitrogens is 2. The van der Waals surface area contributed by atoms with Crippen LogP contribution in [-0.2, 0) is 22.6 Å². The number of rotatable bonds is 8. The molecule has 0 bridgehead atoms. The highest BCUT2D eigenvalue weighted by Crippen LogP contribution is 2.38. The normalized spacial score (nSPS) is 10.7. The lowest BCUT2D eigenvalue weighted by molar-refractivity contribution is -0.144. The van der Waals surface area contributed by atoms with Crippen LogP contribution in [0.15, 0.2) is 27.0 Å². The molecule has 29 heavy (non-hydrogen) atoms. The van der Waals surface area contributed by atoms with E-state index < -0.39 is 5.97 Å². The molecule has 154 valence electrons. The second-order valence-corrected chi connectivity index (χ2v) is 6.20. The summed E-state index contributed by atoms with van der Waals surface area (Å²) < 4.78 is 32.1. The molecule has 0 unspecified atom stereocenters. The van der Waals surface area contributed by atoms with Gasteiger partial charge in [-0.3, -0.25) is 4.79 Å². The molecule has 0 saturated carbocycles. The van der Waals surface area contributed by atoms with Crippen molar-refractivity contribution in [3.63, 3.8) is 0 Å². The molecule has 0 fully saturated rings. The van der Waals surface area contributed by atoms with Crippen LogP contribution in [0.3, 0.4) is 0 Å². The number of benzene rings is 1. The molecule has 3 rings (SSSR count). The van der Waals surface area contributed by atoms with Crippen molar-refractivity contribution in [1.82, 2.24) is 10.2 Å². The van der Waals surface area contributed by atoms with Crippen molar-refractivity contribution < 1.29 is 32.6 Å². The van der Waals surface area contributed by atoms with Gasteiger partial charge in [0.25, 0.3) is 11.8 Å². The molecule has 0 aliphatic rings. The lowest BCUT2D eigenvalue weighted by Crippen LogP contribution is -2.09. The van der Waals surface area contributed by atoms with E-state index in [2.05, 4.69) is 10.2 Å². The summed E-state index contributed by atoms with van der Waals surface area (Å²) >= 11 is 0. The van der Waals surface area contributed by atoms with Crippen LogP contribution in [0, 0.1) is 13.8 Å². The van der Waals surface area contributed by atoms with E-state index in [1.165, 1.54) is 21.3 Å². The quantitative estimate of drug-likeness (QED) is 0.525. The van der Waals surface area contributed by atoms with E-state index >= 15 is 0 Å². The lowest BCUT2D eigenvalue weighted by atomic mass is 10.1. The van der Waals surface area contributed by atoms with Gasteiger partial charge in [-0.1, -0.05) is 0 Å². The number of hydrogen-bond acceptors (Lipinski definition) is 9. The van der Waals surface area contributed by atoms with E-state index in [1.807, 2.05) is 19.9 Å². The van der Waals surface area contributed by atoms with E-state index in [9.17, 15) is 4.79 Å². The smallest absolute Gasteiger partial charge is 0.310 e. The Hall–Kier alpha value is -3.49. The van der Waals surface area contributed by atoms with E-state index in [0.29, 0.717) is 40.0 Å². The molecule has 0 radical (unpaired) electrons. The molecular weight excluding hydrogens is 380 g/mol. The van der Waals surface area contributed by atoms with Crippen LogP contribution in [0.5, 0.6) is 17.2 Å². The Morgan fingerprint density at radius 1 is 0.966 bits per heavy atom. The van der Waals surface area contributed by atoms with Crippen molar-refractivity contribution >= 4 is 5.97 Å². The maximum absolute atomic E-state index is 12.2. The Morgan fingerprint density at radius 3 is 2.21 bits per heavy atom. The fourth-order valence-corrected chi connectivity index (χ4v) is 2.86. The van der Waals surface area contributed by atoms with E-state index in [-0.39, 0.29) is 18.9 Å². The summed E-state index contributed by atoms with van der Waals surface area (Å²) in [5, 5.41) is 7.88. The van der Waals surface area contributed by atoms with Crippen LogP contribution < -0.4 is 14.2 Å². The summed E-state index contributed by atoms with van der Waals surface area (Å²) in [5.74, 6) is 2.84. The molecule has 3 aromatic rings. The summed E-state index contributed by atoms with van der Waals surface area (Å²) in [5.41, 5.74) is 1.37. The number of carbonyl (C=O) groups excluding carboxylic acids is 1. The molecular formula is C20H22N2O7. The zero-order chi connectivity index (χ0) is 21.0. The third-order valence-corrected chi connectivity index (χ3v) is 4.17. The van der Waals surface area contributed by atoms with Gasteiger partial charge < -0.3 is 27.8 Å². The first-order valence-corrected chi connectivity index (χ1v) is 8.79. The van der Waals surface area contributed by atoms with Crippen LogP contribution in [0.1, 0.15) is 23.0 Å². The third kappa shape index (κ3) is 4.50. The summed E-state index contributed by atoms with van der Waals surface area (Å²) in [6.07, 6.45) is 0.0116. The fourth-order valence-electron chi connectivity index (χ4n) is 2.86. The van der Waals surface area contributed by atoms with Crippen LogP contribution in [0.25, 0.3) is 11.5 Å². The first-order chi connectivity index (χ1) is 13.9. The Balaban J connectivity index is 1.64. The van der Waals surface area contributed by atoms with Crippen LogP contribution in [0.2, 0.25) is 0 Å². The van der Waals surface area contributed by atoms with E-state index in [4.69, 9.17) is 27.8 Å². The summed E-state index contributed by atoms with van der Waals surface area (Å²) in [6.45, 7) is 3.51. The maximum Gasteiger partial charge on any atom is 0.310 e. The fraction of sp³-hybridized carbons (Fsp3) is 0.350. The van der Waals surface area contributed by atoms with Gasteiger partial charge in [-0.15, -0.1) is 10.2 Å². The average Bonchev–Trinajstić information content (AvgIpc) is 3.31. The first-order valence-electron chi connectivity index (χ1n) is 8.79. The Labute approximate surface area is 167 Å². The number of nitrogens with zero attached hydrogens (tertiary/aromatic N) is 2. The van der Waals surface area contributed by atoms with E-state index in [0.717, 1.165) is 5.76 Å². The minimum Gasteiger partial charge on any atom is -0.493 e. The zero-order valence-corrected chi connectivity index (χ0v) is 16.9. The molecule has 0 spiro atoms. The molecule has 0 aliphatic heterocycles. The Kier molecular flexibility index (Phi) is 6.06. The highest BCUT2D eigenvalue weighted by molar-refractivity contribution is 5.73. The van der Waals surface area contributed by atoms with Crippen LogP contribution in [-0.4, -0.2) is 37.5 Å². The predicted octanol–water partition coefficient (Wildman–Crippen LogP) is 3.26. The molecule has 0 N–H and O–H groups in total. The number of ether oxygens (including phenoxy) is 4. The van der Waals surface area contributed by atoms with Crippen molar-refractivity contribution in [2.24, 2.45) is 0 Å². The van der Waals surface area contributed by atoms with Gasteiger partial charge in [0.2, 0.25) is 5.75 Å². The molecule has 0 aliphatic carbocycles.